The summed E-state index contributed by atoms with van der Waals surface area (Å²) < 4.78 is 0. The van der Waals surface area contributed by atoms with Gasteiger partial charge in [-0.3, -0.25) is 4.79 Å². The molecule has 0 spiro atoms. The molecule has 84 valence electrons. The summed E-state index contributed by atoms with van der Waals surface area (Å²) >= 11 is 0. The molecule has 0 bridgehead atoms. The third kappa shape index (κ3) is 1.78. The molecule has 0 aromatic heterocycles. The Bertz CT molecular complexity index is 454. The Morgan fingerprint density at radius 2 is 2.12 bits per heavy atom. The maximum atomic E-state index is 11.6. The molecule has 0 atom stereocenters. The van der Waals surface area contributed by atoms with Gasteiger partial charge in [-0.25, -0.2) is 4.79 Å². The van der Waals surface area contributed by atoms with E-state index < -0.39 is 5.97 Å². The van der Waals surface area contributed by atoms with Crippen LogP contribution >= 0.6 is 0 Å². The van der Waals surface area contributed by atoms with E-state index in [4.69, 9.17) is 5.11 Å². The van der Waals surface area contributed by atoms with Crippen LogP contribution in [0.1, 0.15) is 28.8 Å². The molecule has 1 amide bonds. The first-order valence-corrected chi connectivity index (χ1v) is 5.22. The van der Waals surface area contributed by atoms with Crippen molar-refractivity contribution in [1.29, 1.82) is 0 Å². The quantitative estimate of drug-likeness (QED) is 0.781. The topological polar surface area (TPSA) is 57.6 Å². The zero-order valence-corrected chi connectivity index (χ0v) is 9.06. The first kappa shape index (κ1) is 10.7. The number of carbonyl (C=O) groups excluding carboxylic acids is 1. The zero-order valence-electron chi connectivity index (χ0n) is 9.06. The summed E-state index contributed by atoms with van der Waals surface area (Å²) in [5.41, 5.74) is 2.04. The first-order chi connectivity index (χ1) is 7.59. The van der Waals surface area contributed by atoms with Crippen molar-refractivity contribution in [2.24, 2.45) is 0 Å². The van der Waals surface area contributed by atoms with Crippen LogP contribution in [0.2, 0.25) is 0 Å². The number of rotatable bonds is 1. The number of aromatic carboxylic acids is 1. The van der Waals surface area contributed by atoms with Crippen molar-refractivity contribution in [3.8, 4) is 0 Å². The summed E-state index contributed by atoms with van der Waals surface area (Å²) in [6, 6.07) is 4.91. The smallest absolute Gasteiger partial charge is 0.335 e. The van der Waals surface area contributed by atoms with Gasteiger partial charge in [-0.15, -0.1) is 0 Å². The highest BCUT2D eigenvalue weighted by Crippen LogP contribution is 2.26. The summed E-state index contributed by atoms with van der Waals surface area (Å²) in [7, 11) is 1.73. The summed E-state index contributed by atoms with van der Waals surface area (Å²) in [4.78, 5) is 24.0. The predicted molar refractivity (Wildman–Crippen MR) is 59.7 cm³/mol. The lowest BCUT2D eigenvalue weighted by molar-refractivity contribution is -0.118. The molecule has 1 aromatic carbocycles. The highest BCUT2D eigenvalue weighted by atomic mass is 16.4. The van der Waals surface area contributed by atoms with Gasteiger partial charge in [0.25, 0.3) is 0 Å². The van der Waals surface area contributed by atoms with E-state index in [-0.39, 0.29) is 11.5 Å². The van der Waals surface area contributed by atoms with Crippen LogP contribution in [0.25, 0.3) is 0 Å². The SMILES string of the molecule is CN1C(=O)CCCc2cc(C(=O)O)ccc21. The second kappa shape index (κ2) is 3.96. The van der Waals surface area contributed by atoms with E-state index in [0.29, 0.717) is 6.42 Å². The zero-order chi connectivity index (χ0) is 11.7. The Balaban J connectivity index is 2.47. The number of anilines is 1. The minimum Gasteiger partial charge on any atom is -0.478 e. The van der Waals surface area contributed by atoms with Gasteiger partial charge < -0.3 is 10.0 Å². The number of aryl methyl sites for hydroxylation is 1. The maximum absolute atomic E-state index is 11.6. The van der Waals surface area contributed by atoms with E-state index in [1.165, 1.54) is 6.07 Å². The molecular weight excluding hydrogens is 206 g/mol. The average Bonchev–Trinajstić information content (AvgIpc) is 2.40. The molecule has 0 fully saturated rings. The van der Waals surface area contributed by atoms with Crippen LogP contribution < -0.4 is 4.90 Å². The van der Waals surface area contributed by atoms with Crippen molar-refractivity contribution in [3.05, 3.63) is 29.3 Å². The number of fused-ring (bicyclic) bond motifs is 1. The standard InChI is InChI=1S/C12H13NO3/c1-13-10-6-5-9(12(15)16)7-8(10)3-2-4-11(13)14/h5-7H,2-4H2,1H3,(H,15,16). The van der Waals surface area contributed by atoms with Crippen molar-refractivity contribution in [1.82, 2.24) is 0 Å². The van der Waals surface area contributed by atoms with Crippen molar-refractivity contribution in [3.63, 3.8) is 0 Å². The number of carboxylic acids is 1. The normalized spacial score (nSPS) is 15.6. The van der Waals surface area contributed by atoms with Crippen molar-refractivity contribution in [2.45, 2.75) is 19.3 Å². The molecule has 0 aliphatic carbocycles. The highest BCUT2D eigenvalue weighted by molar-refractivity contribution is 5.95. The Morgan fingerprint density at radius 1 is 1.38 bits per heavy atom. The molecule has 1 aromatic rings. The fourth-order valence-corrected chi connectivity index (χ4v) is 1.98. The maximum Gasteiger partial charge on any atom is 0.335 e. The van der Waals surface area contributed by atoms with Crippen LogP contribution in [0.5, 0.6) is 0 Å². The van der Waals surface area contributed by atoms with Gasteiger partial charge in [0.05, 0.1) is 5.56 Å². The molecule has 0 unspecified atom stereocenters. The van der Waals surface area contributed by atoms with E-state index in [1.54, 1.807) is 24.1 Å². The van der Waals surface area contributed by atoms with Crippen molar-refractivity contribution >= 4 is 17.6 Å². The third-order valence-corrected chi connectivity index (χ3v) is 2.90. The van der Waals surface area contributed by atoms with Gasteiger partial charge in [0.1, 0.15) is 0 Å². The van der Waals surface area contributed by atoms with E-state index in [2.05, 4.69) is 0 Å². The van der Waals surface area contributed by atoms with Crippen LogP contribution in [0.3, 0.4) is 0 Å². The number of hydrogen-bond donors (Lipinski definition) is 1. The lowest BCUT2D eigenvalue weighted by Gasteiger charge is -2.17. The van der Waals surface area contributed by atoms with Crippen LogP contribution in [-0.2, 0) is 11.2 Å². The number of carboxylic acid groups (broad SMARTS) is 1. The fourth-order valence-electron chi connectivity index (χ4n) is 1.98. The molecule has 16 heavy (non-hydrogen) atoms. The van der Waals surface area contributed by atoms with Crippen LogP contribution in [0.15, 0.2) is 18.2 Å². The summed E-state index contributed by atoms with van der Waals surface area (Å²) in [5.74, 6) is -0.845. The van der Waals surface area contributed by atoms with Gasteiger partial charge in [0.15, 0.2) is 0 Å². The number of amides is 1. The average molecular weight is 219 g/mol. The molecule has 4 heteroatoms. The lowest BCUT2D eigenvalue weighted by atomic mass is 10.0. The number of carbonyl (C=O) groups is 2. The third-order valence-electron chi connectivity index (χ3n) is 2.90. The largest absolute Gasteiger partial charge is 0.478 e. The molecule has 4 nitrogen and oxygen atoms in total. The monoisotopic (exact) mass is 219 g/mol. The van der Waals surface area contributed by atoms with Crippen LogP contribution in [0.4, 0.5) is 5.69 Å². The molecule has 1 aliphatic rings. The number of hydrogen-bond acceptors (Lipinski definition) is 2. The Kier molecular flexibility index (Phi) is 2.64. The summed E-state index contributed by atoms with van der Waals surface area (Å²) in [6.45, 7) is 0. The predicted octanol–water partition coefficient (Wildman–Crippen LogP) is 1.68. The molecular formula is C12H13NO3. The molecule has 0 saturated heterocycles. The second-order valence-electron chi connectivity index (χ2n) is 3.95. The first-order valence-electron chi connectivity index (χ1n) is 5.22. The molecule has 1 heterocycles. The summed E-state index contributed by atoms with van der Waals surface area (Å²) in [5, 5.41) is 8.89. The van der Waals surface area contributed by atoms with E-state index in [0.717, 1.165) is 24.1 Å². The molecule has 0 radical (unpaired) electrons. The lowest BCUT2D eigenvalue weighted by Crippen LogP contribution is -2.25. The molecule has 1 aliphatic heterocycles. The minimum atomic E-state index is -0.930. The van der Waals surface area contributed by atoms with Gasteiger partial charge in [-0.1, -0.05) is 0 Å². The van der Waals surface area contributed by atoms with Crippen LogP contribution in [0, 0.1) is 0 Å². The summed E-state index contributed by atoms with van der Waals surface area (Å²) in [6.07, 6.45) is 2.05. The van der Waals surface area contributed by atoms with Gasteiger partial charge in [-0.05, 0) is 36.6 Å². The Labute approximate surface area is 93.5 Å². The van der Waals surface area contributed by atoms with E-state index >= 15 is 0 Å². The second-order valence-corrected chi connectivity index (χ2v) is 3.95. The molecule has 1 N–H and O–H groups in total. The highest BCUT2D eigenvalue weighted by Gasteiger charge is 2.19. The number of nitrogens with zero attached hydrogens (tertiary/aromatic N) is 1. The Hall–Kier alpha value is -1.84. The van der Waals surface area contributed by atoms with Gasteiger partial charge in [-0.2, -0.15) is 0 Å². The van der Waals surface area contributed by atoms with Crippen molar-refractivity contribution < 1.29 is 14.7 Å². The van der Waals surface area contributed by atoms with Gasteiger partial charge in [0.2, 0.25) is 5.91 Å². The van der Waals surface area contributed by atoms with E-state index in [1.807, 2.05) is 0 Å². The Morgan fingerprint density at radius 3 is 2.81 bits per heavy atom. The fraction of sp³-hybridized carbons (Fsp3) is 0.333. The number of benzene rings is 1. The van der Waals surface area contributed by atoms with Crippen LogP contribution in [-0.4, -0.2) is 24.0 Å². The van der Waals surface area contributed by atoms with Crippen molar-refractivity contribution in [2.75, 3.05) is 11.9 Å². The van der Waals surface area contributed by atoms with Gasteiger partial charge in [0, 0.05) is 19.2 Å². The van der Waals surface area contributed by atoms with Gasteiger partial charge >= 0.3 is 5.97 Å². The minimum absolute atomic E-state index is 0.0850. The molecule has 2 rings (SSSR count). The van der Waals surface area contributed by atoms with E-state index in [9.17, 15) is 9.59 Å². The molecule has 0 saturated carbocycles.